The number of ether oxygens (including phenoxy) is 1. The predicted octanol–water partition coefficient (Wildman–Crippen LogP) is 0.353. The maximum atomic E-state index is 12.7. The first kappa shape index (κ1) is 6.97. The van der Waals surface area contributed by atoms with Crippen LogP contribution < -0.4 is 0 Å². The van der Waals surface area contributed by atoms with Gasteiger partial charge in [-0.1, -0.05) is 0 Å². The molecule has 2 unspecified atom stereocenters. The smallest absolute Gasteiger partial charge is 0.318 e. The number of halogens is 2. The summed E-state index contributed by atoms with van der Waals surface area (Å²) >= 11 is 0. The zero-order chi connectivity index (χ0) is 8.28. The number of hydrogen-bond donors (Lipinski definition) is 1. The van der Waals surface area contributed by atoms with E-state index in [4.69, 9.17) is 5.11 Å². The van der Waals surface area contributed by atoms with Crippen LogP contribution in [0.1, 0.15) is 0 Å². The van der Waals surface area contributed by atoms with Crippen LogP contribution in [0.5, 0.6) is 0 Å². The number of alkyl halides is 2. The Kier molecular flexibility index (Phi) is 0.982. The van der Waals surface area contributed by atoms with Crippen molar-refractivity contribution in [1.82, 2.24) is 0 Å². The number of hydrogen-bond acceptors (Lipinski definition) is 2. The first-order valence-electron chi connectivity index (χ1n) is 3.22. The lowest BCUT2D eigenvalue weighted by molar-refractivity contribution is -0.149. The van der Waals surface area contributed by atoms with Crippen LogP contribution in [0.15, 0.2) is 0 Å². The lowest BCUT2D eigenvalue weighted by Gasteiger charge is -2.07. The summed E-state index contributed by atoms with van der Waals surface area (Å²) in [6.07, 6.45) is 0. The Bertz CT molecular complexity index is 228. The molecule has 1 saturated carbocycles. The first-order chi connectivity index (χ1) is 5.03. The fraction of sp³-hybridized carbons (Fsp3) is 0.833. The van der Waals surface area contributed by atoms with Crippen molar-refractivity contribution in [3.05, 3.63) is 0 Å². The summed E-state index contributed by atoms with van der Waals surface area (Å²) in [4.78, 5) is 10.4. The van der Waals surface area contributed by atoms with Crippen molar-refractivity contribution in [2.45, 2.75) is 5.92 Å². The molecular weight excluding hydrogens is 158 g/mol. The summed E-state index contributed by atoms with van der Waals surface area (Å²) in [5.41, 5.74) is -1.88. The van der Waals surface area contributed by atoms with E-state index < -0.39 is 23.2 Å². The van der Waals surface area contributed by atoms with Gasteiger partial charge in [-0.05, 0) is 0 Å². The maximum absolute atomic E-state index is 12.7. The SMILES string of the molecule is O=C(O)C12COCC1C2(F)F. The van der Waals surface area contributed by atoms with E-state index in [0.29, 0.717) is 0 Å². The van der Waals surface area contributed by atoms with Crippen LogP contribution in [0.3, 0.4) is 0 Å². The quantitative estimate of drug-likeness (QED) is 0.608. The summed E-state index contributed by atoms with van der Waals surface area (Å²) in [5, 5.41) is 8.49. The monoisotopic (exact) mass is 164 g/mol. The number of carbonyl (C=O) groups is 1. The molecule has 0 radical (unpaired) electrons. The van der Waals surface area contributed by atoms with Gasteiger partial charge in [0, 0.05) is 0 Å². The van der Waals surface area contributed by atoms with E-state index in [1.165, 1.54) is 0 Å². The van der Waals surface area contributed by atoms with Crippen molar-refractivity contribution >= 4 is 5.97 Å². The van der Waals surface area contributed by atoms with Gasteiger partial charge in [-0.15, -0.1) is 0 Å². The van der Waals surface area contributed by atoms with Crippen molar-refractivity contribution in [2.24, 2.45) is 11.3 Å². The van der Waals surface area contributed by atoms with Crippen molar-refractivity contribution in [3.8, 4) is 0 Å². The first-order valence-corrected chi connectivity index (χ1v) is 3.22. The number of carboxylic acid groups (broad SMARTS) is 1. The zero-order valence-corrected chi connectivity index (χ0v) is 5.51. The molecule has 0 aromatic carbocycles. The zero-order valence-electron chi connectivity index (χ0n) is 5.51. The fourth-order valence-electron chi connectivity index (χ4n) is 1.67. The minimum Gasteiger partial charge on any atom is -0.481 e. The van der Waals surface area contributed by atoms with Gasteiger partial charge in [0.15, 0.2) is 5.41 Å². The largest absolute Gasteiger partial charge is 0.481 e. The average Bonchev–Trinajstić information content (AvgIpc) is 2.25. The normalized spacial score (nSPS) is 45.1. The van der Waals surface area contributed by atoms with Gasteiger partial charge in [-0.25, -0.2) is 8.78 Å². The van der Waals surface area contributed by atoms with E-state index in [1.54, 1.807) is 0 Å². The van der Waals surface area contributed by atoms with Crippen molar-refractivity contribution in [2.75, 3.05) is 13.2 Å². The van der Waals surface area contributed by atoms with E-state index in [0.717, 1.165) is 0 Å². The fourth-order valence-corrected chi connectivity index (χ4v) is 1.67. The van der Waals surface area contributed by atoms with Crippen LogP contribution in [0.25, 0.3) is 0 Å². The average molecular weight is 164 g/mol. The van der Waals surface area contributed by atoms with Crippen LogP contribution in [-0.2, 0) is 9.53 Å². The Morgan fingerprint density at radius 2 is 2.27 bits per heavy atom. The van der Waals surface area contributed by atoms with Crippen molar-refractivity contribution < 1.29 is 23.4 Å². The van der Waals surface area contributed by atoms with Crippen molar-refractivity contribution in [1.29, 1.82) is 0 Å². The van der Waals surface area contributed by atoms with Gasteiger partial charge in [-0.3, -0.25) is 4.79 Å². The molecule has 3 nitrogen and oxygen atoms in total. The number of fused-ring (bicyclic) bond motifs is 1. The molecule has 0 spiro atoms. The Morgan fingerprint density at radius 3 is 2.55 bits per heavy atom. The Morgan fingerprint density at radius 1 is 1.64 bits per heavy atom. The second kappa shape index (κ2) is 1.55. The molecule has 2 fully saturated rings. The van der Waals surface area contributed by atoms with Crippen LogP contribution >= 0.6 is 0 Å². The highest BCUT2D eigenvalue weighted by Gasteiger charge is 2.87. The summed E-state index contributed by atoms with van der Waals surface area (Å²) in [7, 11) is 0. The van der Waals surface area contributed by atoms with Crippen LogP contribution in [0.2, 0.25) is 0 Å². The molecule has 1 aliphatic carbocycles. The van der Waals surface area contributed by atoms with Crippen molar-refractivity contribution in [3.63, 3.8) is 0 Å². The van der Waals surface area contributed by atoms with Gasteiger partial charge < -0.3 is 9.84 Å². The third-order valence-corrected chi connectivity index (χ3v) is 2.54. The molecule has 62 valence electrons. The van der Waals surface area contributed by atoms with Crippen LogP contribution in [0, 0.1) is 11.3 Å². The molecule has 1 aliphatic heterocycles. The second-order valence-corrected chi connectivity index (χ2v) is 2.97. The molecule has 1 N–H and O–H groups in total. The van der Waals surface area contributed by atoms with E-state index in [9.17, 15) is 13.6 Å². The molecule has 5 heteroatoms. The van der Waals surface area contributed by atoms with Gasteiger partial charge in [-0.2, -0.15) is 0 Å². The highest BCUT2D eigenvalue weighted by atomic mass is 19.3. The lowest BCUT2D eigenvalue weighted by atomic mass is 10.1. The highest BCUT2D eigenvalue weighted by Crippen LogP contribution is 2.69. The third kappa shape index (κ3) is 0.504. The summed E-state index contributed by atoms with van der Waals surface area (Å²) in [5.74, 6) is -5.57. The standard InChI is InChI=1S/C6H6F2O3/c7-6(8)3-1-11-2-5(3,6)4(9)10/h3H,1-2H2,(H,9,10). The topological polar surface area (TPSA) is 46.5 Å². The van der Waals surface area contributed by atoms with E-state index in [1.807, 2.05) is 0 Å². The lowest BCUT2D eigenvalue weighted by Crippen LogP contribution is -2.26. The Hall–Kier alpha value is -0.710. The molecule has 0 aromatic rings. The Labute approximate surface area is 61.0 Å². The van der Waals surface area contributed by atoms with E-state index in [2.05, 4.69) is 4.74 Å². The van der Waals surface area contributed by atoms with Crippen LogP contribution in [-0.4, -0.2) is 30.2 Å². The highest BCUT2D eigenvalue weighted by molar-refractivity contribution is 5.82. The second-order valence-electron chi connectivity index (χ2n) is 2.97. The number of rotatable bonds is 1. The minimum absolute atomic E-state index is 0.126. The molecule has 0 aromatic heterocycles. The molecule has 2 rings (SSSR count). The molecule has 0 amide bonds. The van der Waals surface area contributed by atoms with Gasteiger partial charge in [0.05, 0.1) is 19.1 Å². The molecule has 2 aliphatic rings. The van der Waals surface area contributed by atoms with Gasteiger partial charge >= 0.3 is 5.97 Å². The minimum atomic E-state index is -3.04. The molecule has 11 heavy (non-hydrogen) atoms. The van der Waals surface area contributed by atoms with Gasteiger partial charge in [0.1, 0.15) is 0 Å². The number of carboxylic acids is 1. The molecular formula is C6H6F2O3. The summed E-state index contributed by atoms with van der Waals surface area (Å²) in [6.45, 7) is -0.473. The maximum Gasteiger partial charge on any atom is 0.318 e. The van der Waals surface area contributed by atoms with Gasteiger partial charge in [0.2, 0.25) is 0 Å². The number of aliphatic carboxylic acids is 1. The third-order valence-electron chi connectivity index (χ3n) is 2.54. The Balaban J connectivity index is 2.33. The predicted molar refractivity (Wildman–Crippen MR) is 29.3 cm³/mol. The van der Waals surface area contributed by atoms with Crippen LogP contribution in [0.4, 0.5) is 8.78 Å². The van der Waals surface area contributed by atoms with E-state index >= 15 is 0 Å². The molecule has 0 bridgehead atoms. The van der Waals surface area contributed by atoms with E-state index in [-0.39, 0.29) is 13.2 Å². The molecule has 1 saturated heterocycles. The molecule has 1 heterocycles. The van der Waals surface area contributed by atoms with Gasteiger partial charge in [0.25, 0.3) is 5.92 Å². The molecule has 2 atom stereocenters. The summed E-state index contributed by atoms with van der Waals surface area (Å²) < 4.78 is 30.0. The summed E-state index contributed by atoms with van der Waals surface area (Å²) in [6, 6.07) is 0.